The van der Waals surface area contributed by atoms with Gasteiger partial charge in [0.05, 0.1) is 6.42 Å². The first-order chi connectivity index (χ1) is 11.7. The van der Waals surface area contributed by atoms with Crippen LogP contribution < -0.4 is 5.32 Å². The zero-order valence-corrected chi connectivity index (χ0v) is 15.0. The van der Waals surface area contributed by atoms with Gasteiger partial charge >= 0.3 is 0 Å². The molecular formula is C19H25N3OS. The number of carbonyl (C=O) groups excluding carboxylic acids is 1. The predicted molar refractivity (Wildman–Crippen MR) is 100 cm³/mol. The van der Waals surface area contributed by atoms with Crippen LogP contribution in [0.3, 0.4) is 0 Å². The van der Waals surface area contributed by atoms with Gasteiger partial charge in [-0.3, -0.25) is 4.79 Å². The van der Waals surface area contributed by atoms with E-state index in [2.05, 4.69) is 58.2 Å². The van der Waals surface area contributed by atoms with E-state index in [1.54, 1.807) is 11.3 Å². The second kappa shape index (κ2) is 8.31. The number of rotatable bonds is 6. The smallest absolute Gasteiger partial charge is 0.227 e. The second-order valence-corrected chi connectivity index (χ2v) is 6.95. The standard InChI is InChI=1S/C19H25N3OS/c1-2-21-8-10-22(11-9-21)19(23)13-16-3-5-18(6-4-16)20-14-17-7-12-24-15-17/h3-7,12,15,20H,2,8-11,13-14H2,1H3. The van der Waals surface area contributed by atoms with Gasteiger partial charge in [-0.2, -0.15) is 11.3 Å². The highest BCUT2D eigenvalue weighted by molar-refractivity contribution is 7.07. The summed E-state index contributed by atoms with van der Waals surface area (Å²) >= 11 is 1.71. The Morgan fingerprint density at radius 1 is 1.08 bits per heavy atom. The minimum atomic E-state index is 0.240. The van der Waals surface area contributed by atoms with Crippen molar-refractivity contribution in [2.24, 2.45) is 0 Å². The molecule has 1 N–H and O–H groups in total. The van der Waals surface area contributed by atoms with Gasteiger partial charge in [0.15, 0.2) is 0 Å². The molecule has 0 saturated carbocycles. The molecule has 1 saturated heterocycles. The van der Waals surface area contributed by atoms with Gasteiger partial charge in [-0.15, -0.1) is 0 Å². The molecule has 128 valence electrons. The third kappa shape index (κ3) is 4.58. The van der Waals surface area contributed by atoms with Crippen LogP contribution in [0.1, 0.15) is 18.1 Å². The van der Waals surface area contributed by atoms with Gasteiger partial charge in [0.2, 0.25) is 5.91 Å². The third-order valence-corrected chi connectivity index (χ3v) is 5.29. The molecule has 4 nitrogen and oxygen atoms in total. The molecule has 0 spiro atoms. The number of amides is 1. The van der Waals surface area contributed by atoms with E-state index >= 15 is 0 Å². The molecule has 1 aliphatic rings. The number of nitrogens with one attached hydrogen (secondary N) is 1. The summed E-state index contributed by atoms with van der Waals surface area (Å²) in [5, 5.41) is 7.65. The van der Waals surface area contributed by atoms with Gasteiger partial charge in [-0.1, -0.05) is 19.1 Å². The number of benzene rings is 1. The molecular weight excluding hydrogens is 318 g/mol. The zero-order valence-electron chi connectivity index (χ0n) is 14.2. The Balaban J connectivity index is 1.48. The van der Waals surface area contributed by atoms with Crippen molar-refractivity contribution in [3.63, 3.8) is 0 Å². The van der Waals surface area contributed by atoms with Crippen LogP contribution in [0.25, 0.3) is 0 Å². The molecule has 0 aliphatic carbocycles. The maximum Gasteiger partial charge on any atom is 0.227 e. The highest BCUT2D eigenvalue weighted by atomic mass is 32.1. The lowest BCUT2D eigenvalue weighted by molar-refractivity contribution is -0.132. The maximum atomic E-state index is 12.4. The van der Waals surface area contributed by atoms with E-state index in [4.69, 9.17) is 0 Å². The summed E-state index contributed by atoms with van der Waals surface area (Å²) in [5.41, 5.74) is 3.47. The molecule has 3 rings (SSSR count). The van der Waals surface area contributed by atoms with Crippen molar-refractivity contribution in [2.45, 2.75) is 19.9 Å². The molecule has 1 fully saturated rings. The summed E-state index contributed by atoms with van der Waals surface area (Å²) in [5.74, 6) is 0.240. The lowest BCUT2D eigenvalue weighted by Gasteiger charge is -2.34. The Bertz CT molecular complexity index is 631. The Kier molecular flexibility index (Phi) is 5.88. The van der Waals surface area contributed by atoms with E-state index in [-0.39, 0.29) is 5.91 Å². The Hall–Kier alpha value is -1.85. The molecule has 0 atom stereocenters. The molecule has 0 bridgehead atoms. The molecule has 1 amide bonds. The Labute approximate surface area is 148 Å². The molecule has 24 heavy (non-hydrogen) atoms. The van der Waals surface area contributed by atoms with Gasteiger partial charge in [0.1, 0.15) is 0 Å². The highest BCUT2D eigenvalue weighted by Crippen LogP contribution is 2.14. The quantitative estimate of drug-likeness (QED) is 0.875. The minimum Gasteiger partial charge on any atom is -0.381 e. The van der Waals surface area contributed by atoms with Crippen molar-refractivity contribution >= 4 is 22.9 Å². The molecule has 0 unspecified atom stereocenters. The van der Waals surface area contributed by atoms with Crippen LogP contribution in [0.4, 0.5) is 5.69 Å². The minimum absolute atomic E-state index is 0.240. The predicted octanol–water partition coefficient (Wildman–Crippen LogP) is 3.07. The summed E-state index contributed by atoms with van der Waals surface area (Å²) in [6, 6.07) is 10.4. The molecule has 1 aromatic carbocycles. The fraction of sp³-hybridized carbons (Fsp3) is 0.421. The number of thiophene rings is 1. The van der Waals surface area contributed by atoms with E-state index in [0.29, 0.717) is 6.42 Å². The largest absolute Gasteiger partial charge is 0.381 e. The van der Waals surface area contributed by atoms with E-state index in [1.165, 1.54) is 5.56 Å². The van der Waals surface area contributed by atoms with Crippen molar-refractivity contribution in [1.29, 1.82) is 0 Å². The molecule has 1 aliphatic heterocycles. The van der Waals surface area contributed by atoms with Crippen LogP contribution in [0.5, 0.6) is 0 Å². The van der Waals surface area contributed by atoms with Crippen LogP contribution in [0.2, 0.25) is 0 Å². The van der Waals surface area contributed by atoms with Crippen molar-refractivity contribution < 1.29 is 4.79 Å². The fourth-order valence-electron chi connectivity index (χ4n) is 2.94. The number of hydrogen-bond acceptors (Lipinski definition) is 4. The molecule has 1 aromatic heterocycles. The first-order valence-electron chi connectivity index (χ1n) is 8.58. The highest BCUT2D eigenvalue weighted by Gasteiger charge is 2.19. The summed E-state index contributed by atoms with van der Waals surface area (Å²) in [7, 11) is 0. The molecule has 0 radical (unpaired) electrons. The van der Waals surface area contributed by atoms with Crippen molar-refractivity contribution in [3.05, 3.63) is 52.2 Å². The van der Waals surface area contributed by atoms with Crippen molar-refractivity contribution in [2.75, 3.05) is 38.0 Å². The molecule has 5 heteroatoms. The average Bonchev–Trinajstić information content (AvgIpc) is 3.15. The van der Waals surface area contributed by atoms with Gasteiger partial charge < -0.3 is 15.1 Å². The van der Waals surface area contributed by atoms with Crippen LogP contribution in [0.15, 0.2) is 41.1 Å². The van der Waals surface area contributed by atoms with E-state index in [9.17, 15) is 4.79 Å². The Morgan fingerprint density at radius 2 is 1.83 bits per heavy atom. The zero-order chi connectivity index (χ0) is 16.8. The summed E-state index contributed by atoms with van der Waals surface area (Å²) in [6.07, 6.45) is 0.497. The lowest BCUT2D eigenvalue weighted by Crippen LogP contribution is -2.48. The van der Waals surface area contributed by atoms with Gasteiger partial charge in [-0.05, 0) is 46.6 Å². The summed E-state index contributed by atoms with van der Waals surface area (Å²) < 4.78 is 0. The van der Waals surface area contributed by atoms with Crippen LogP contribution in [-0.2, 0) is 17.8 Å². The van der Waals surface area contributed by atoms with E-state index < -0.39 is 0 Å². The first-order valence-corrected chi connectivity index (χ1v) is 9.53. The Morgan fingerprint density at radius 3 is 2.46 bits per heavy atom. The topological polar surface area (TPSA) is 35.6 Å². The lowest BCUT2D eigenvalue weighted by atomic mass is 10.1. The number of likely N-dealkylation sites (N-methyl/N-ethyl adjacent to an activating group) is 1. The van der Waals surface area contributed by atoms with Crippen molar-refractivity contribution in [3.8, 4) is 0 Å². The van der Waals surface area contributed by atoms with E-state index in [0.717, 1.165) is 50.5 Å². The third-order valence-electron chi connectivity index (χ3n) is 4.56. The van der Waals surface area contributed by atoms with E-state index in [1.807, 2.05) is 4.90 Å². The van der Waals surface area contributed by atoms with Gasteiger partial charge in [0.25, 0.3) is 0 Å². The van der Waals surface area contributed by atoms with Crippen LogP contribution in [-0.4, -0.2) is 48.4 Å². The van der Waals surface area contributed by atoms with Crippen LogP contribution >= 0.6 is 11.3 Å². The number of hydrogen-bond donors (Lipinski definition) is 1. The number of carbonyl (C=O) groups is 1. The van der Waals surface area contributed by atoms with Gasteiger partial charge in [-0.25, -0.2) is 0 Å². The maximum absolute atomic E-state index is 12.4. The number of nitrogens with zero attached hydrogens (tertiary/aromatic N) is 2. The SMILES string of the molecule is CCN1CCN(C(=O)Cc2ccc(NCc3ccsc3)cc2)CC1. The number of piperazine rings is 1. The number of anilines is 1. The fourth-order valence-corrected chi connectivity index (χ4v) is 3.61. The average molecular weight is 343 g/mol. The molecule has 2 aromatic rings. The van der Waals surface area contributed by atoms with Crippen molar-refractivity contribution in [1.82, 2.24) is 9.80 Å². The normalized spacial score (nSPS) is 15.5. The van der Waals surface area contributed by atoms with Gasteiger partial charge in [0, 0.05) is 38.4 Å². The summed E-state index contributed by atoms with van der Waals surface area (Å²) in [6.45, 7) is 7.78. The summed E-state index contributed by atoms with van der Waals surface area (Å²) in [4.78, 5) is 16.8. The molecule has 2 heterocycles. The first kappa shape index (κ1) is 17.0. The second-order valence-electron chi connectivity index (χ2n) is 6.17. The monoisotopic (exact) mass is 343 g/mol. The van der Waals surface area contributed by atoms with Crippen LogP contribution in [0, 0.1) is 0 Å².